The topological polar surface area (TPSA) is 41.1 Å². The van der Waals surface area contributed by atoms with Gasteiger partial charge in [0.2, 0.25) is 5.91 Å². The minimum atomic E-state index is 0.118. The van der Waals surface area contributed by atoms with Crippen LogP contribution < -0.4 is 10.6 Å². The second-order valence-electron chi connectivity index (χ2n) is 4.14. The Balaban J connectivity index is 3.32. The van der Waals surface area contributed by atoms with E-state index < -0.39 is 0 Å². The third-order valence-corrected chi connectivity index (χ3v) is 2.37. The van der Waals surface area contributed by atoms with Crippen molar-refractivity contribution in [2.24, 2.45) is 0 Å². The number of nitrogens with one attached hydrogen (secondary N) is 2. The van der Waals surface area contributed by atoms with Gasteiger partial charge < -0.3 is 10.6 Å². The van der Waals surface area contributed by atoms with Gasteiger partial charge in [0.05, 0.1) is 6.54 Å². The summed E-state index contributed by atoms with van der Waals surface area (Å²) < 4.78 is 0. The standard InChI is InChI=1S/C12H26N2O/c1-4-6-7-9-13-10-12(15)14-11(3)8-5-2/h11,13H,4-10H2,1-3H3,(H,14,15). The molecule has 0 heterocycles. The van der Waals surface area contributed by atoms with E-state index in [0.717, 1.165) is 25.8 Å². The molecule has 0 spiro atoms. The van der Waals surface area contributed by atoms with Gasteiger partial charge in [-0.25, -0.2) is 0 Å². The number of hydrogen-bond donors (Lipinski definition) is 2. The van der Waals surface area contributed by atoms with Crippen LogP contribution in [0.25, 0.3) is 0 Å². The molecule has 0 radical (unpaired) electrons. The van der Waals surface area contributed by atoms with Gasteiger partial charge in [-0.1, -0.05) is 33.1 Å². The third-order valence-electron chi connectivity index (χ3n) is 2.37. The Morgan fingerprint density at radius 3 is 2.53 bits per heavy atom. The summed E-state index contributed by atoms with van der Waals surface area (Å²) in [6.07, 6.45) is 5.80. The van der Waals surface area contributed by atoms with Crippen molar-refractivity contribution < 1.29 is 4.79 Å². The smallest absolute Gasteiger partial charge is 0.234 e. The fourth-order valence-electron chi connectivity index (χ4n) is 1.53. The fourth-order valence-corrected chi connectivity index (χ4v) is 1.53. The lowest BCUT2D eigenvalue weighted by atomic mass is 10.2. The van der Waals surface area contributed by atoms with Crippen LogP contribution in [0.4, 0.5) is 0 Å². The largest absolute Gasteiger partial charge is 0.353 e. The summed E-state index contributed by atoms with van der Waals surface area (Å²) >= 11 is 0. The first-order valence-corrected chi connectivity index (χ1v) is 6.20. The first-order chi connectivity index (χ1) is 7.20. The van der Waals surface area contributed by atoms with Gasteiger partial charge in [-0.3, -0.25) is 4.79 Å². The average molecular weight is 214 g/mol. The lowest BCUT2D eigenvalue weighted by Gasteiger charge is -2.12. The number of carbonyl (C=O) groups is 1. The molecule has 0 fully saturated rings. The van der Waals surface area contributed by atoms with E-state index in [1.54, 1.807) is 0 Å². The number of rotatable bonds is 9. The highest BCUT2D eigenvalue weighted by Crippen LogP contribution is 1.94. The molecule has 0 aliphatic carbocycles. The van der Waals surface area contributed by atoms with Crippen molar-refractivity contribution in [3.8, 4) is 0 Å². The van der Waals surface area contributed by atoms with Crippen molar-refractivity contribution in [2.75, 3.05) is 13.1 Å². The molecule has 0 aromatic carbocycles. The molecule has 0 aliphatic rings. The predicted octanol–water partition coefficient (Wildman–Crippen LogP) is 2.07. The average Bonchev–Trinajstić information content (AvgIpc) is 2.17. The van der Waals surface area contributed by atoms with Crippen LogP contribution in [0.3, 0.4) is 0 Å². The number of carbonyl (C=O) groups excluding carboxylic acids is 1. The van der Waals surface area contributed by atoms with Crippen molar-refractivity contribution in [3.05, 3.63) is 0 Å². The van der Waals surface area contributed by atoms with Crippen LogP contribution in [0.15, 0.2) is 0 Å². The quantitative estimate of drug-likeness (QED) is 0.577. The van der Waals surface area contributed by atoms with Gasteiger partial charge in [0.1, 0.15) is 0 Å². The lowest BCUT2D eigenvalue weighted by molar-refractivity contribution is -0.120. The SMILES string of the molecule is CCCCCNCC(=O)NC(C)CCC. The van der Waals surface area contributed by atoms with Crippen LogP contribution >= 0.6 is 0 Å². The Hall–Kier alpha value is -0.570. The number of unbranched alkanes of at least 4 members (excludes halogenated alkanes) is 2. The lowest BCUT2D eigenvalue weighted by Crippen LogP contribution is -2.39. The summed E-state index contributed by atoms with van der Waals surface area (Å²) in [4.78, 5) is 11.4. The van der Waals surface area contributed by atoms with Crippen LogP contribution in [0.1, 0.15) is 52.9 Å². The molecule has 1 atom stereocenters. The van der Waals surface area contributed by atoms with E-state index in [4.69, 9.17) is 0 Å². The van der Waals surface area contributed by atoms with Crippen LogP contribution in [-0.4, -0.2) is 25.0 Å². The zero-order valence-corrected chi connectivity index (χ0v) is 10.4. The molecular formula is C12H26N2O. The molecule has 1 amide bonds. The maximum Gasteiger partial charge on any atom is 0.234 e. The minimum Gasteiger partial charge on any atom is -0.353 e. The molecule has 2 N–H and O–H groups in total. The number of hydrogen-bond acceptors (Lipinski definition) is 2. The summed E-state index contributed by atoms with van der Waals surface area (Å²) in [5.41, 5.74) is 0. The molecule has 0 saturated carbocycles. The van der Waals surface area contributed by atoms with E-state index in [2.05, 4.69) is 31.4 Å². The van der Waals surface area contributed by atoms with Gasteiger partial charge in [-0.05, 0) is 26.3 Å². The molecule has 1 unspecified atom stereocenters. The third kappa shape index (κ3) is 9.73. The molecule has 15 heavy (non-hydrogen) atoms. The monoisotopic (exact) mass is 214 g/mol. The van der Waals surface area contributed by atoms with Crippen LogP contribution in [-0.2, 0) is 4.79 Å². The second kappa shape index (κ2) is 9.97. The molecule has 0 bridgehead atoms. The fraction of sp³-hybridized carbons (Fsp3) is 0.917. The summed E-state index contributed by atoms with van der Waals surface area (Å²) in [7, 11) is 0. The highest BCUT2D eigenvalue weighted by Gasteiger charge is 2.04. The summed E-state index contributed by atoms with van der Waals surface area (Å²) in [5.74, 6) is 0.118. The van der Waals surface area contributed by atoms with Crippen LogP contribution in [0.5, 0.6) is 0 Å². The van der Waals surface area contributed by atoms with Crippen molar-refractivity contribution in [3.63, 3.8) is 0 Å². The molecule has 0 rings (SSSR count). The minimum absolute atomic E-state index is 0.118. The van der Waals surface area contributed by atoms with Crippen molar-refractivity contribution in [2.45, 2.75) is 58.9 Å². The van der Waals surface area contributed by atoms with E-state index in [9.17, 15) is 4.79 Å². The zero-order valence-electron chi connectivity index (χ0n) is 10.4. The van der Waals surface area contributed by atoms with Crippen molar-refractivity contribution in [1.29, 1.82) is 0 Å². The molecule has 90 valence electrons. The van der Waals surface area contributed by atoms with Gasteiger partial charge in [-0.15, -0.1) is 0 Å². The Morgan fingerprint density at radius 1 is 1.20 bits per heavy atom. The highest BCUT2D eigenvalue weighted by molar-refractivity contribution is 5.78. The number of amides is 1. The Labute approximate surface area is 94.0 Å². The van der Waals surface area contributed by atoms with Crippen molar-refractivity contribution >= 4 is 5.91 Å². The highest BCUT2D eigenvalue weighted by atomic mass is 16.1. The summed E-state index contributed by atoms with van der Waals surface area (Å²) in [6.45, 7) is 7.77. The van der Waals surface area contributed by atoms with Gasteiger partial charge in [-0.2, -0.15) is 0 Å². The molecule has 0 aromatic rings. The summed E-state index contributed by atoms with van der Waals surface area (Å²) in [6, 6.07) is 0.306. The van der Waals surface area contributed by atoms with Gasteiger partial charge in [0, 0.05) is 6.04 Å². The van der Waals surface area contributed by atoms with E-state index in [1.165, 1.54) is 12.8 Å². The van der Waals surface area contributed by atoms with Crippen LogP contribution in [0.2, 0.25) is 0 Å². The van der Waals surface area contributed by atoms with Crippen molar-refractivity contribution in [1.82, 2.24) is 10.6 Å². The van der Waals surface area contributed by atoms with Gasteiger partial charge in [0.25, 0.3) is 0 Å². The first kappa shape index (κ1) is 14.4. The molecule has 3 heteroatoms. The molecule has 0 saturated heterocycles. The van der Waals surface area contributed by atoms with E-state index in [0.29, 0.717) is 12.6 Å². The van der Waals surface area contributed by atoms with E-state index >= 15 is 0 Å². The predicted molar refractivity (Wildman–Crippen MR) is 64.9 cm³/mol. The normalized spacial score (nSPS) is 12.5. The Morgan fingerprint density at radius 2 is 1.93 bits per heavy atom. The van der Waals surface area contributed by atoms with Crippen LogP contribution in [0, 0.1) is 0 Å². The van der Waals surface area contributed by atoms with Gasteiger partial charge in [0.15, 0.2) is 0 Å². The van der Waals surface area contributed by atoms with E-state index in [1.807, 2.05) is 0 Å². The summed E-state index contributed by atoms with van der Waals surface area (Å²) in [5, 5.41) is 6.13. The second-order valence-corrected chi connectivity index (χ2v) is 4.14. The molecule has 0 aliphatic heterocycles. The zero-order chi connectivity index (χ0) is 11.5. The maximum atomic E-state index is 11.4. The Kier molecular flexibility index (Phi) is 9.59. The Bertz CT molecular complexity index is 160. The maximum absolute atomic E-state index is 11.4. The molecule has 0 aromatic heterocycles. The molecule has 3 nitrogen and oxygen atoms in total. The van der Waals surface area contributed by atoms with E-state index in [-0.39, 0.29) is 5.91 Å². The molecular weight excluding hydrogens is 188 g/mol. The first-order valence-electron chi connectivity index (χ1n) is 6.20. The van der Waals surface area contributed by atoms with Gasteiger partial charge >= 0.3 is 0 Å².